The first-order valence-electron chi connectivity index (χ1n) is 10.6. The Morgan fingerprint density at radius 3 is 2.65 bits per heavy atom. The lowest BCUT2D eigenvalue weighted by Crippen LogP contribution is -2.39. The third-order valence-corrected chi connectivity index (χ3v) is 5.19. The number of amides is 1. The Morgan fingerprint density at radius 1 is 1.06 bits per heavy atom. The summed E-state index contributed by atoms with van der Waals surface area (Å²) in [7, 11) is 3.11. The van der Waals surface area contributed by atoms with Gasteiger partial charge in [-0.25, -0.2) is 4.68 Å². The minimum atomic E-state index is -0.747. The quantitative estimate of drug-likeness (QED) is 0.510. The van der Waals surface area contributed by atoms with Crippen LogP contribution in [0.5, 0.6) is 28.7 Å². The Hall–Kier alpha value is -4.21. The molecule has 0 fully saturated rings. The summed E-state index contributed by atoms with van der Waals surface area (Å²) in [4.78, 5) is 24.7. The van der Waals surface area contributed by atoms with E-state index in [4.69, 9.17) is 23.7 Å². The van der Waals surface area contributed by atoms with Crippen LogP contribution in [0.3, 0.4) is 0 Å². The average Bonchev–Trinajstić information content (AvgIpc) is 3.32. The standard InChI is InChI=1S/C24H25N3O7/c1-15(34-17-5-8-20-22(13-17)33-14-32-20)24(29)25-10-11-27-23(28)9-6-18(26-27)16-4-7-19(30-2)21(12-16)31-3/h4-9,12-13,15H,10-11,14H2,1-3H3,(H,25,29). The maximum absolute atomic E-state index is 12.5. The van der Waals surface area contributed by atoms with E-state index in [-0.39, 0.29) is 31.3 Å². The molecule has 0 aliphatic carbocycles. The maximum atomic E-state index is 12.5. The van der Waals surface area contributed by atoms with Crippen molar-refractivity contribution in [2.24, 2.45) is 0 Å². The Morgan fingerprint density at radius 2 is 1.85 bits per heavy atom. The van der Waals surface area contributed by atoms with Crippen LogP contribution in [0.2, 0.25) is 0 Å². The Labute approximate surface area is 196 Å². The van der Waals surface area contributed by atoms with Gasteiger partial charge in [0.25, 0.3) is 11.5 Å². The van der Waals surface area contributed by atoms with Gasteiger partial charge in [0.05, 0.1) is 26.5 Å². The third kappa shape index (κ3) is 5.06. The summed E-state index contributed by atoms with van der Waals surface area (Å²) in [6.07, 6.45) is -0.747. The topological polar surface area (TPSA) is 110 Å². The molecule has 0 radical (unpaired) electrons. The van der Waals surface area contributed by atoms with Gasteiger partial charge in [-0.15, -0.1) is 0 Å². The highest BCUT2D eigenvalue weighted by atomic mass is 16.7. The van der Waals surface area contributed by atoms with Gasteiger partial charge in [-0.2, -0.15) is 5.10 Å². The van der Waals surface area contributed by atoms with E-state index in [2.05, 4.69) is 10.4 Å². The molecule has 4 rings (SSSR count). The molecule has 1 aromatic heterocycles. The van der Waals surface area contributed by atoms with Crippen LogP contribution in [-0.2, 0) is 11.3 Å². The molecular weight excluding hydrogens is 442 g/mol. The summed E-state index contributed by atoms with van der Waals surface area (Å²) < 4.78 is 28.2. The molecule has 2 heterocycles. The summed E-state index contributed by atoms with van der Waals surface area (Å²) in [6.45, 7) is 2.20. The van der Waals surface area contributed by atoms with E-state index < -0.39 is 6.10 Å². The van der Waals surface area contributed by atoms with Crippen molar-refractivity contribution in [2.75, 3.05) is 27.6 Å². The first-order valence-corrected chi connectivity index (χ1v) is 10.6. The van der Waals surface area contributed by atoms with Gasteiger partial charge in [-0.3, -0.25) is 9.59 Å². The fraction of sp³-hybridized carbons (Fsp3) is 0.292. The van der Waals surface area contributed by atoms with E-state index in [1.807, 2.05) is 6.07 Å². The number of nitrogens with zero attached hydrogens (tertiary/aromatic N) is 2. The predicted octanol–water partition coefficient (Wildman–Crippen LogP) is 2.24. The van der Waals surface area contributed by atoms with Crippen molar-refractivity contribution >= 4 is 5.91 Å². The second-order valence-corrected chi connectivity index (χ2v) is 7.42. The monoisotopic (exact) mass is 467 g/mol. The summed E-state index contributed by atoms with van der Waals surface area (Å²) in [6, 6.07) is 13.6. The van der Waals surface area contributed by atoms with E-state index in [9.17, 15) is 9.59 Å². The highest BCUT2D eigenvalue weighted by Crippen LogP contribution is 2.35. The van der Waals surface area contributed by atoms with Crippen molar-refractivity contribution in [3.8, 4) is 40.0 Å². The minimum absolute atomic E-state index is 0.162. The molecule has 1 unspecified atom stereocenters. The molecule has 1 aliphatic heterocycles. The van der Waals surface area contributed by atoms with Crippen molar-refractivity contribution in [3.05, 3.63) is 58.9 Å². The first kappa shape index (κ1) is 23.0. The molecule has 34 heavy (non-hydrogen) atoms. The van der Waals surface area contributed by atoms with E-state index in [1.165, 1.54) is 10.7 Å². The average molecular weight is 467 g/mol. The lowest BCUT2D eigenvalue weighted by molar-refractivity contribution is -0.127. The first-order chi connectivity index (χ1) is 16.5. The molecule has 0 saturated carbocycles. The molecule has 1 atom stereocenters. The smallest absolute Gasteiger partial charge is 0.266 e. The number of fused-ring (bicyclic) bond motifs is 1. The molecule has 0 bridgehead atoms. The van der Waals surface area contributed by atoms with Crippen LogP contribution in [0.25, 0.3) is 11.3 Å². The Bertz CT molecular complexity index is 1240. The lowest BCUT2D eigenvalue weighted by Gasteiger charge is -2.15. The molecule has 10 nitrogen and oxygen atoms in total. The molecule has 10 heteroatoms. The number of carbonyl (C=O) groups is 1. The largest absolute Gasteiger partial charge is 0.493 e. The molecule has 3 aromatic rings. The summed E-state index contributed by atoms with van der Waals surface area (Å²) in [5, 5.41) is 7.18. The zero-order valence-corrected chi connectivity index (χ0v) is 19.1. The normalized spacial score (nSPS) is 12.7. The van der Waals surface area contributed by atoms with Crippen molar-refractivity contribution in [3.63, 3.8) is 0 Å². The van der Waals surface area contributed by atoms with Crippen molar-refractivity contribution in [2.45, 2.75) is 19.6 Å². The van der Waals surface area contributed by atoms with E-state index in [0.29, 0.717) is 34.4 Å². The number of rotatable bonds is 9. The van der Waals surface area contributed by atoms with Gasteiger partial charge in [0, 0.05) is 24.2 Å². The molecule has 1 aliphatic rings. The number of benzene rings is 2. The second kappa shape index (κ2) is 10.2. The van der Waals surface area contributed by atoms with Crippen LogP contribution >= 0.6 is 0 Å². The van der Waals surface area contributed by atoms with Crippen molar-refractivity contribution in [1.29, 1.82) is 0 Å². The molecule has 0 spiro atoms. The highest BCUT2D eigenvalue weighted by molar-refractivity contribution is 5.80. The Balaban J connectivity index is 1.36. The predicted molar refractivity (Wildman–Crippen MR) is 123 cm³/mol. The highest BCUT2D eigenvalue weighted by Gasteiger charge is 2.18. The number of aromatic nitrogens is 2. The van der Waals surface area contributed by atoms with Gasteiger partial charge in [-0.1, -0.05) is 0 Å². The molecule has 1 amide bonds. The van der Waals surface area contributed by atoms with E-state index in [1.54, 1.807) is 57.5 Å². The van der Waals surface area contributed by atoms with Crippen molar-refractivity contribution < 1.29 is 28.5 Å². The molecular formula is C24H25N3O7. The molecule has 0 saturated heterocycles. The maximum Gasteiger partial charge on any atom is 0.266 e. The fourth-order valence-corrected chi connectivity index (χ4v) is 3.40. The molecule has 178 valence electrons. The SMILES string of the molecule is COc1ccc(-c2ccc(=O)n(CCNC(=O)C(C)Oc3ccc4c(c3)OCO4)n2)cc1OC. The number of carbonyl (C=O) groups excluding carboxylic acids is 1. The summed E-state index contributed by atoms with van der Waals surface area (Å²) in [5.74, 6) is 2.54. The van der Waals surface area contributed by atoms with Gasteiger partial charge >= 0.3 is 0 Å². The fourth-order valence-electron chi connectivity index (χ4n) is 3.40. The number of hydrogen-bond acceptors (Lipinski definition) is 8. The van der Waals surface area contributed by atoms with Gasteiger partial charge in [-0.05, 0) is 43.3 Å². The number of nitrogens with one attached hydrogen (secondary N) is 1. The van der Waals surface area contributed by atoms with Gasteiger partial charge in [0.1, 0.15) is 5.75 Å². The molecule has 2 aromatic carbocycles. The van der Waals surface area contributed by atoms with E-state index >= 15 is 0 Å². The lowest BCUT2D eigenvalue weighted by atomic mass is 10.1. The van der Waals surface area contributed by atoms with Gasteiger partial charge in [0.15, 0.2) is 29.1 Å². The van der Waals surface area contributed by atoms with Crippen LogP contribution < -0.4 is 34.6 Å². The van der Waals surface area contributed by atoms with Crippen LogP contribution in [0.1, 0.15) is 6.92 Å². The third-order valence-electron chi connectivity index (χ3n) is 5.19. The van der Waals surface area contributed by atoms with Gasteiger partial charge < -0.3 is 29.0 Å². The summed E-state index contributed by atoms with van der Waals surface area (Å²) in [5.41, 5.74) is 1.08. The van der Waals surface area contributed by atoms with Crippen molar-refractivity contribution in [1.82, 2.24) is 15.1 Å². The summed E-state index contributed by atoms with van der Waals surface area (Å²) >= 11 is 0. The molecule has 1 N–H and O–H groups in total. The number of ether oxygens (including phenoxy) is 5. The Kier molecular flexibility index (Phi) is 6.86. The zero-order chi connectivity index (χ0) is 24.1. The van der Waals surface area contributed by atoms with Crippen LogP contribution in [-0.4, -0.2) is 49.3 Å². The van der Waals surface area contributed by atoms with E-state index in [0.717, 1.165) is 5.56 Å². The number of methoxy groups -OCH3 is 2. The van der Waals surface area contributed by atoms with Crippen LogP contribution in [0.4, 0.5) is 0 Å². The zero-order valence-electron chi connectivity index (χ0n) is 19.1. The minimum Gasteiger partial charge on any atom is -0.493 e. The van der Waals surface area contributed by atoms with Crippen LogP contribution in [0, 0.1) is 0 Å². The number of hydrogen-bond donors (Lipinski definition) is 1. The van der Waals surface area contributed by atoms with Gasteiger partial charge in [0.2, 0.25) is 6.79 Å². The second-order valence-electron chi connectivity index (χ2n) is 7.42. The van der Waals surface area contributed by atoms with Crippen LogP contribution in [0.15, 0.2) is 53.3 Å².